The summed E-state index contributed by atoms with van der Waals surface area (Å²) >= 11 is 0. The summed E-state index contributed by atoms with van der Waals surface area (Å²) in [7, 11) is 1.84. The van der Waals surface area contributed by atoms with Gasteiger partial charge in [-0.15, -0.1) is 0 Å². The fourth-order valence-corrected chi connectivity index (χ4v) is 3.86. The van der Waals surface area contributed by atoms with E-state index in [1.165, 1.54) is 12.5 Å². The summed E-state index contributed by atoms with van der Waals surface area (Å²) in [5.74, 6) is -0.573. The summed E-state index contributed by atoms with van der Waals surface area (Å²) in [5.41, 5.74) is 2.38. The van der Waals surface area contributed by atoms with Crippen LogP contribution in [0.5, 0.6) is 0 Å². The van der Waals surface area contributed by atoms with Crippen LogP contribution in [0.2, 0.25) is 0 Å². The molecule has 0 unspecified atom stereocenters. The molecule has 0 spiro atoms. The summed E-state index contributed by atoms with van der Waals surface area (Å²) in [6.45, 7) is 9.56. The van der Waals surface area contributed by atoms with Gasteiger partial charge in [-0.25, -0.2) is 9.37 Å². The third-order valence-corrected chi connectivity index (χ3v) is 5.50. The van der Waals surface area contributed by atoms with Crippen molar-refractivity contribution in [2.24, 2.45) is 0 Å². The van der Waals surface area contributed by atoms with Gasteiger partial charge < -0.3 is 19.6 Å². The molecule has 28 heavy (non-hydrogen) atoms. The third kappa shape index (κ3) is 2.94. The number of amides is 1. The van der Waals surface area contributed by atoms with Crippen LogP contribution in [0.15, 0.2) is 41.9 Å². The van der Waals surface area contributed by atoms with E-state index in [0.717, 1.165) is 25.1 Å². The maximum Gasteiger partial charge on any atom is 0.254 e. The largest absolute Gasteiger partial charge is 0.370 e. The minimum absolute atomic E-state index is 0.0610. The molecule has 1 amide bonds. The van der Waals surface area contributed by atoms with E-state index in [1.807, 2.05) is 11.9 Å². The molecular formula is C20H22FN5O2. The van der Waals surface area contributed by atoms with E-state index >= 15 is 4.39 Å². The first kappa shape index (κ1) is 18.2. The lowest BCUT2D eigenvalue weighted by atomic mass is 10.0. The number of rotatable bonds is 5. The average Bonchev–Trinajstić information content (AvgIpc) is 3.38. The highest BCUT2D eigenvalue weighted by molar-refractivity contribution is 6.04. The molecule has 0 aliphatic carbocycles. The van der Waals surface area contributed by atoms with E-state index in [2.05, 4.69) is 33.5 Å². The Morgan fingerprint density at radius 2 is 2.36 bits per heavy atom. The lowest BCUT2D eigenvalue weighted by Gasteiger charge is -2.39. The molecule has 8 heteroatoms. The lowest BCUT2D eigenvalue weighted by Crippen LogP contribution is -2.46. The fourth-order valence-electron chi connectivity index (χ4n) is 3.86. The van der Waals surface area contributed by atoms with Gasteiger partial charge in [-0.1, -0.05) is 18.3 Å². The zero-order valence-corrected chi connectivity index (χ0v) is 15.7. The summed E-state index contributed by atoms with van der Waals surface area (Å²) in [6.07, 6.45) is 6.50. The Morgan fingerprint density at radius 3 is 3.07 bits per heavy atom. The van der Waals surface area contributed by atoms with Crippen molar-refractivity contribution in [3.63, 3.8) is 0 Å². The third-order valence-electron chi connectivity index (χ3n) is 5.50. The van der Waals surface area contributed by atoms with E-state index in [-0.39, 0.29) is 29.9 Å². The molecule has 1 atom stereocenters. The van der Waals surface area contributed by atoms with E-state index in [4.69, 9.17) is 4.52 Å². The number of pyridine rings is 1. The molecule has 1 saturated heterocycles. The first-order valence-electron chi connectivity index (χ1n) is 9.20. The maximum atomic E-state index is 15.3. The maximum absolute atomic E-state index is 15.3. The molecule has 1 N–H and O–H groups in total. The molecule has 2 aromatic heterocycles. The minimum atomic E-state index is -0.462. The number of piperidine rings is 1. The quantitative estimate of drug-likeness (QED) is 0.801. The molecule has 0 bridgehead atoms. The van der Waals surface area contributed by atoms with E-state index in [1.54, 1.807) is 6.08 Å². The Balaban J connectivity index is 1.74. The van der Waals surface area contributed by atoms with Crippen molar-refractivity contribution in [1.82, 2.24) is 20.4 Å². The number of hydrogen-bond donors (Lipinski definition) is 1. The number of carbonyl (C=O) groups excluding carboxylic acids is 1. The minimum Gasteiger partial charge on any atom is -0.370 e. The molecule has 2 aliphatic rings. The number of halogens is 1. The van der Waals surface area contributed by atoms with Crippen molar-refractivity contribution < 1.29 is 13.7 Å². The van der Waals surface area contributed by atoms with Crippen LogP contribution in [-0.2, 0) is 6.54 Å². The number of likely N-dealkylation sites (tertiary alicyclic amines) is 1. The Morgan fingerprint density at radius 1 is 1.54 bits per heavy atom. The molecule has 2 aliphatic heterocycles. The van der Waals surface area contributed by atoms with Crippen LogP contribution in [0.25, 0.3) is 11.3 Å². The number of likely N-dealkylation sites (N-methyl/N-ethyl adjacent to an activating group) is 1. The second-order valence-electron chi connectivity index (χ2n) is 7.10. The number of nitrogens with zero attached hydrogens (tertiary/aromatic N) is 4. The zero-order chi connectivity index (χ0) is 19.8. The smallest absolute Gasteiger partial charge is 0.254 e. The Kier molecular flexibility index (Phi) is 4.62. The predicted octanol–water partition coefficient (Wildman–Crippen LogP) is 2.72. The van der Waals surface area contributed by atoms with Crippen LogP contribution >= 0.6 is 0 Å². The Hall–Kier alpha value is -3.16. The van der Waals surface area contributed by atoms with Crippen LogP contribution < -0.4 is 10.2 Å². The second-order valence-corrected chi connectivity index (χ2v) is 7.10. The van der Waals surface area contributed by atoms with Gasteiger partial charge in [-0.3, -0.25) is 4.79 Å². The molecule has 1 fully saturated rings. The van der Waals surface area contributed by atoms with Gasteiger partial charge in [0, 0.05) is 44.0 Å². The summed E-state index contributed by atoms with van der Waals surface area (Å²) in [6, 6.07) is 0.0610. The van der Waals surface area contributed by atoms with E-state index < -0.39 is 5.82 Å². The van der Waals surface area contributed by atoms with Gasteiger partial charge in [0.2, 0.25) is 0 Å². The summed E-state index contributed by atoms with van der Waals surface area (Å²) < 4.78 is 20.2. The standard InChI is InChI=1S/C20H22FN5O2/c1-4-12(2)26-7-5-6-14(10-26)25(3)19-17(21)15-9-22-20(27)16(15)18(24-19)13-8-23-28-11-13/h4,8,11,14H,1-2,5-7,9-10H2,3H3,(H,22,27)/t14-/m1/s1. The topological polar surface area (TPSA) is 74.5 Å². The summed E-state index contributed by atoms with van der Waals surface area (Å²) in [4.78, 5) is 20.8. The van der Waals surface area contributed by atoms with Gasteiger partial charge in [0.25, 0.3) is 5.91 Å². The number of aromatic nitrogens is 2. The highest BCUT2D eigenvalue weighted by Crippen LogP contribution is 2.35. The molecule has 0 saturated carbocycles. The molecule has 146 valence electrons. The van der Waals surface area contributed by atoms with Gasteiger partial charge in [0.1, 0.15) is 6.26 Å². The number of nitrogens with one attached hydrogen (secondary N) is 1. The summed E-state index contributed by atoms with van der Waals surface area (Å²) in [5, 5.41) is 6.38. The van der Waals surface area contributed by atoms with Crippen molar-refractivity contribution in [3.05, 3.63) is 54.3 Å². The highest BCUT2D eigenvalue weighted by Gasteiger charge is 2.33. The number of carbonyl (C=O) groups is 1. The van der Waals surface area contributed by atoms with Crippen LogP contribution in [0, 0.1) is 5.82 Å². The average molecular weight is 383 g/mol. The first-order chi connectivity index (χ1) is 13.5. The molecule has 2 aromatic rings. The van der Waals surface area contributed by atoms with Crippen molar-refractivity contribution in [1.29, 1.82) is 0 Å². The van der Waals surface area contributed by atoms with Crippen LogP contribution in [0.4, 0.5) is 10.2 Å². The molecule has 7 nitrogen and oxygen atoms in total. The highest BCUT2D eigenvalue weighted by atomic mass is 19.1. The zero-order valence-electron chi connectivity index (χ0n) is 15.7. The van der Waals surface area contributed by atoms with Gasteiger partial charge in [-0.2, -0.15) is 0 Å². The SMILES string of the molecule is C=CC(=C)N1CCC[C@@H](N(C)c2nc(-c3cnoc3)c3c(c2F)CNC3=O)C1. The number of fused-ring (bicyclic) bond motifs is 1. The van der Waals surface area contributed by atoms with Gasteiger partial charge in [0.15, 0.2) is 11.6 Å². The van der Waals surface area contributed by atoms with E-state index in [9.17, 15) is 4.79 Å². The normalized spacial score (nSPS) is 18.6. The van der Waals surface area contributed by atoms with Crippen molar-refractivity contribution in [2.45, 2.75) is 25.4 Å². The van der Waals surface area contributed by atoms with Gasteiger partial charge in [-0.05, 0) is 18.9 Å². The molecule has 0 aromatic carbocycles. The number of allylic oxidation sites excluding steroid dienone is 1. The Labute approximate surface area is 162 Å². The molecule has 0 radical (unpaired) electrons. The van der Waals surface area contributed by atoms with Crippen LogP contribution in [0.1, 0.15) is 28.8 Å². The van der Waals surface area contributed by atoms with E-state index in [0.29, 0.717) is 23.4 Å². The number of hydrogen-bond acceptors (Lipinski definition) is 6. The van der Waals surface area contributed by atoms with Crippen molar-refractivity contribution in [2.75, 3.05) is 25.0 Å². The first-order valence-corrected chi connectivity index (χ1v) is 9.20. The molecule has 4 heterocycles. The van der Waals surface area contributed by atoms with Crippen LogP contribution in [-0.4, -0.2) is 47.1 Å². The van der Waals surface area contributed by atoms with Crippen molar-refractivity contribution >= 4 is 11.7 Å². The lowest BCUT2D eigenvalue weighted by molar-refractivity contribution is 0.0966. The van der Waals surface area contributed by atoms with Gasteiger partial charge in [0.05, 0.1) is 23.0 Å². The molecule has 4 rings (SSSR count). The van der Waals surface area contributed by atoms with Crippen LogP contribution in [0.3, 0.4) is 0 Å². The fraction of sp³-hybridized carbons (Fsp3) is 0.350. The second kappa shape index (κ2) is 7.10. The van der Waals surface area contributed by atoms with Gasteiger partial charge >= 0.3 is 0 Å². The number of anilines is 1. The predicted molar refractivity (Wildman–Crippen MR) is 103 cm³/mol. The van der Waals surface area contributed by atoms with Crippen molar-refractivity contribution in [3.8, 4) is 11.3 Å². The Bertz CT molecular complexity index is 941. The molecular weight excluding hydrogens is 361 g/mol. The monoisotopic (exact) mass is 383 g/mol.